The lowest BCUT2D eigenvalue weighted by Crippen LogP contribution is -2.14. The van der Waals surface area contributed by atoms with E-state index in [9.17, 15) is 4.79 Å². The number of amides is 1. The van der Waals surface area contributed by atoms with Crippen molar-refractivity contribution in [3.63, 3.8) is 0 Å². The molecule has 0 unspecified atom stereocenters. The molecular weight excluding hydrogens is 224 g/mol. The largest absolute Gasteiger partial charge is 0.359 e. The van der Waals surface area contributed by atoms with E-state index >= 15 is 0 Å². The molecule has 0 aliphatic carbocycles. The van der Waals surface area contributed by atoms with Crippen molar-refractivity contribution in [1.82, 2.24) is 9.88 Å². The number of hydrogen-bond donors (Lipinski definition) is 1. The Kier molecular flexibility index (Phi) is 3.82. The van der Waals surface area contributed by atoms with E-state index in [1.807, 2.05) is 6.08 Å². The predicted molar refractivity (Wildman–Crippen MR) is 75.4 cm³/mol. The second-order valence-corrected chi connectivity index (χ2v) is 4.39. The number of aromatic nitrogens is 1. The molecule has 1 aromatic carbocycles. The van der Waals surface area contributed by atoms with Crippen LogP contribution in [0.25, 0.3) is 17.0 Å². The van der Waals surface area contributed by atoms with Gasteiger partial charge in [-0.05, 0) is 36.4 Å². The summed E-state index contributed by atoms with van der Waals surface area (Å²) < 4.78 is 2.29. The molecule has 0 atom stereocenters. The maximum Gasteiger partial charge on any atom is 0.207 e. The number of nitrogens with zero attached hydrogens (tertiary/aromatic N) is 1. The summed E-state index contributed by atoms with van der Waals surface area (Å²) in [6, 6.07) is 8.55. The van der Waals surface area contributed by atoms with E-state index in [-0.39, 0.29) is 0 Å². The van der Waals surface area contributed by atoms with Gasteiger partial charge in [0.1, 0.15) is 0 Å². The van der Waals surface area contributed by atoms with Crippen molar-refractivity contribution in [2.75, 3.05) is 6.54 Å². The van der Waals surface area contributed by atoms with E-state index in [0.717, 1.165) is 24.9 Å². The van der Waals surface area contributed by atoms with Crippen molar-refractivity contribution < 1.29 is 4.79 Å². The van der Waals surface area contributed by atoms with Crippen LogP contribution in [0.4, 0.5) is 0 Å². The van der Waals surface area contributed by atoms with Crippen LogP contribution in [-0.2, 0) is 11.3 Å². The fourth-order valence-corrected chi connectivity index (χ4v) is 2.23. The molecule has 18 heavy (non-hydrogen) atoms. The summed E-state index contributed by atoms with van der Waals surface area (Å²) in [6.07, 6.45) is 3.54. The van der Waals surface area contributed by atoms with E-state index in [1.165, 1.54) is 16.6 Å². The van der Waals surface area contributed by atoms with Gasteiger partial charge in [0.2, 0.25) is 6.41 Å². The second-order valence-electron chi connectivity index (χ2n) is 4.39. The monoisotopic (exact) mass is 242 g/mol. The molecule has 0 aliphatic heterocycles. The molecule has 0 saturated carbocycles. The number of carbonyl (C=O) groups is 1. The van der Waals surface area contributed by atoms with Gasteiger partial charge in [-0.15, -0.1) is 0 Å². The normalized spacial score (nSPS) is 10.5. The zero-order valence-corrected chi connectivity index (χ0v) is 10.6. The standard InChI is InChI=1S/C15H18N2O/c1-3-13-5-6-14-9-12(2)17(15(14)10-13)8-4-7-16-11-18/h3,5-6,9-11H,1,4,7-8H2,2H3,(H,16,18). The van der Waals surface area contributed by atoms with Gasteiger partial charge in [-0.2, -0.15) is 0 Å². The minimum absolute atomic E-state index is 0.712. The molecule has 0 radical (unpaired) electrons. The molecule has 0 aliphatic rings. The lowest BCUT2D eigenvalue weighted by Gasteiger charge is -2.08. The highest BCUT2D eigenvalue weighted by molar-refractivity contribution is 5.83. The Hall–Kier alpha value is -2.03. The van der Waals surface area contributed by atoms with Crippen LogP contribution in [-0.4, -0.2) is 17.5 Å². The number of rotatable bonds is 6. The van der Waals surface area contributed by atoms with Gasteiger partial charge in [0, 0.05) is 24.3 Å². The Morgan fingerprint density at radius 1 is 1.39 bits per heavy atom. The van der Waals surface area contributed by atoms with Crippen LogP contribution in [0.15, 0.2) is 30.8 Å². The van der Waals surface area contributed by atoms with Gasteiger partial charge in [-0.25, -0.2) is 0 Å². The van der Waals surface area contributed by atoms with E-state index in [4.69, 9.17) is 0 Å². The number of carbonyl (C=O) groups excluding carboxylic acids is 1. The molecular formula is C15H18N2O. The molecule has 1 aromatic heterocycles. The van der Waals surface area contributed by atoms with Gasteiger partial charge < -0.3 is 9.88 Å². The van der Waals surface area contributed by atoms with Crippen LogP contribution in [0, 0.1) is 6.92 Å². The highest BCUT2D eigenvalue weighted by atomic mass is 16.1. The number of aryl methyl sites for hydroxylation is 2. The van der Waals surface area contributed by atoms with Crippen molar-refractivity contribution in [1.29, 1.82) is 0 Å². The fraction of sp³-hybridized carbons (Fsp3) is 0.267. The zero-order chi connectivity index (χ0) is 13.0. The number of fused-ring (bicyclic) bond motifs is 1. The fourth-order valence-electron chi connectivity index (χ4n) is 2.23. The van der Waals surface area contributed by atoms with Gasteiger partial charge in [0.25, 0.3) is 0 Å². The first-order valence-electron chi connectivity index (χ1n) is 6.15. The van der Waals surface area contributed by atoms with Crippen molar-refractivity contribution in [2.45, 2.75) is 19.9 Å². The van der Waals surface area contributed by atoms with Crippen LogP contribution in [0.1, 0.15) is 17.7 Å². The first kappa shape index (κ1) is 12.4. The quantitative estimate of drug-likeness (QED) is 0.613. The predicted octanol–water partition coefficient (Wildman–Crippen LogP) is 2.73. The summed E-state index contributed by atoms with van der Waals surface area (Å²) in [5.74, 6) is 0. The first-order valence-corrected chi connectivity index (χ1v) is 6.15. The Morgan fingerprint density at radius 3 is 2.94 bits per heavy atom. The molecule has 2 aromatic rings. The summed E-state index contributed by atoms with van der Waals surface area (Å²) in [5.41, 5.74) is 3.61. The van der Waals surface area contributed by atoms with Crippen LogP contribution >= 0.6 is 0 Å². The van der Waals surface area contributed by atoms with Crippen LogP contribution in [0.3, 0.4) is 0 Å². The van der Waals surface area contributed by atoms with Crippen molar-refractivity contribution >= 4 is 23.4 Å². The molecule has 94 valence electrons. The van der Waals surface area contributed by atoms with Gasteiger partial charge in [-0.1, -0.05) is 24.8 Å². The first-order chi connectivity index (χ1) is 8.76. The molecule has 1 amide bonds. The molecule has 1 heterocycles. The smallest absolute Gasteiger partial charge is 0.207 e. The molecule has 0 fully saturated rings. The van der Waals surface area contributed by atoms with Gasteiger partial charge in [-0.3, -0.25) is 4.79 Å². The highest BCUT2D eigenvalue weighted by Crippen LogP contribution is 2.21. The summed E-state index contributed by atoms with van der Waals surface area (Å²) >= 11 is 0. The van der Waals surface area contributed by atoms with Crippen LogP contribution < -0.4 is 5.32 Å². The third-order valence-corrected chi connectivity index (χ3v) is 3.16. The SMILES string of the molecule is C=Cc1ccc2cc(C)n(CCCNC=O)c2c1. The zero-order valence-electron chi connectivity index (χ0n) is 10.6. The molecule has 3 heteroatoms. The Labute approximate surface area is 107 Å². The summed E-state index contributed by atoms with van der Waals surface area (Å²) in [5, 5.41) is 3.94. The lowest BCUT2D eigenvalue weighted by molar-refractivity contribution is -0.109. The van der Waals surface area contributed by atoms with E-state index in [0.29, 0.717) is 6.54 Å². The molecule has 2 rings (SSSR count). The third-order valence-electron chi connectivity index (χ3n) is 3.16. The molecule has 3 nitrogen and oxygen atoms in total. The van der Waals surface area contributed by atoms with Gasteiger partial charge >= 0.3 is 0 Å². The van der Waals surface area contributed by atoms with E-state index < -0.39 is 0 Å². The minimum Gasteiger partial charge on any atom is -0.359 e. The lowest BCUT2D eigenvalue weighted by atomic mass is 10.1. The maximum absolute atomic E-state index is 10.2. The Morgan fingerprint density at radius 2 is 2.22 bits per heavy atom. The average Bonchev–Trinajstić information content (AvgIpc) is 2.70. The van der Waals surface area contributed by atoms with Crippen molar-refractivity contribution in [3.05, 3.63) is 42.1 Å². The maximum atomic E-state index is 10.2. The highest BCUT2D eigenvalue weighted by Gasteiger charge is 2.05. The van der Waals surface area contributed by atoms with E-state index in [1.54, 1.807) is 0 Å². The number of benzene rings is 1. The molecule has 1 N–H and O–H groups in total. The van der Waals surface area contributed by atoms with Gasteiger partial charge in [0.05, 0.1) is 0 Å². The van der Waals surface area contributed by atoms with Crippen molar-refractivity contribution in [3.8, 4) is 0 Å². The van der Waals surface area contributed by atoms with Crippen molar-refractivity contribution in [2.24, 2.45) is 0 Å². The summed E-state index contributed by atoms with van der Waals surface area (Å²) in [6.45, 7) is 7.54. The summed E-state index contributed by atoms with van der Waals surface area (Å²) in [4.78, 5) is 10.2. The number of nitrogens with one attached hydrogen (secondary N) is 1. The van der Waals surface area contributed by atoms with Gasteiger partial charge in [0.15, 0.2) is 0 Å². The molecule has 0 bridgehead atoms. The minimum atomic E-state index is 0.712. The van der Waals surface area contributed by atoms with E-state index in [2.05, 4.69) is 47.7 Å². The molecule has 0 saturated heterocycles. The average molecular weight is 242 g/mol. The molecule has 0 spiro atoms. The topological polar surface area (TPSA) is 34.0 Å². The Bertz CT molecular complexity index is 569. The Balaban J connectivity index is 2.27. The van der Waals surface area contributed by atoms with Crippen LogP contribution in [0.2, 0.25) is 0 Å². The summed E-state index contributed by atoms with van der Waals surface area (Å²) in [7, 11) is 0. The van der Waals surface area contributed by atoms with Crippen LogP contribution in [0.5, 0.6) is 0 Å². The third kappa shape index (κ3) is 2.45. The number of hydrogen-bond acceptors (Lipinski definition) is 1. The second kappa shape index (κ2) is 5.54.